The lowest BCUT2D eigenvalue weighted by molar-refractivity contribution is -0.965. The summed E-state index contributed by atoms with van der Waals surface area (Å²) in [6.45, 7) is 10.8. The van der Waals surface area contributed by atoms with Gasteiger partial charge in [-0.25, -0.2) is 9.97 Å². The van der Waals surface area contributed by atoms with Crippen molar-refractivity contribution in [1.82, 2.24) is 15.0 Å². The molecule has 8 heteroatoms. The summed E-state index contributed by atoms with van der Waals surface area (Å²) in [5, 5.41) is 12.5. The lowest BCUT2D eigenvalue weighted by atomic mass is 9.99. The number of nitrogens with zero attached hydrogens (tertiary/aromatic N) is 4. The molecule has 0 saturated heterocycles. The number of unbranched alkanes of at least 4 members (excludes halogenated alkanes) is 1. The first kappa shape index (κ1) is 26.3. The SMILES string of the molecule is CCCCNc1nc(N)nc2ccc(Cc3ccc(C[N+](C)(CCC(=O)O)C(C)(C)C)cc3)nc12. The van der Waals surface area contributed by atoms with Crippen LogP contribution in [0.1, 0.15) is 63.8 Å². The van der Waals surface area contributed by atoms with Crippen LogP contribution >= 0.6 is 0 Å². The predicted octanol–water partition coefficient (Wildman–Crippen LogP) is 4.63. The average Bonchev–Trinajstić information content (AvgIpc) is 2.79. The summed E-state index contributed by atoms with van der Waals surface area (Å²) < 4.78 is 0.655. The van der Waals surface area contributed by atoms with E-state index in [2.05, 4.69) is 74.3 Å². The molecule has 4 N–H and O–H groups in total. The van der Waals surface area contributed by atoms with E-state index in [1.54, 1.807) is 0 Å². The highest BCUT2D eigenvalue weighted by Gasteiger charge is 2.36. The summed E-state index contributed by atoms with van der Waals surface area (Å²) in [6.07, 6.45) is 2.98. The van der Waals surface area contributed by atoms with Crippen LogP contribution in [0.2, 0.25) is 0 Å². The van der Waals surface area contributed by atoms with Crippen LogP contribution in [0.5, 0.6) is 0 Å². The van der Waals surface area contributed by atoms with Crippen LogP contribution in [0.3, 0.4) is 0 Å². The maximum atomic E-state index is 11.2. The molecule has 3 rings (SSSR count). The Hall–Kier alpha value is -3.26. The zero-order valence-corrected chi connectivity index (χ0v) is 21.6. The van der Waals surface area contributed by atoms with Crippen LogP contribution in [0.4, 0.5) is 11.8 Å². The molecule has 2 heterocycles. The molecule has 1 atom stereocenters. The third-order valence-corrected chi connectivity index (χ3v) is 6.82. The van der Waals surface area contributed by atoms with Gasteiger partial charge in [-0.3, -0.25) is 4.79 Å². The number of carboxylic acids is 1. The van der Waals surface area contributed by atoms with Gasteiger partial charge < -0.3 is 20.6 Å². The zero-order chi connectivity index (χ0) is 25.6. The third kappa shape index (κ3) is 6.88. The van der Waals surface area contributed by atoms with E-state index in [1.165, 1.54) is 5.56 Å². The third-order valence-electron chi connectivity index (χ3n) is 6.82. The van der Waals surface area contributed by atoms with Gasteiger partial charge in [-0.1, -0.05) is 37.6 Å². The number of carboxylic acid groups (broad SMARTS) is 1. The van der Waals surface area contributed by atoms with Gasteiger partial charge in [-0.05, 0) is 44.9 Å². The Morgan fingerprint density at radius 2 is 1.74 bits per heavy atom. The van der Waals surface area contributed by atoms with Crippen molar-refractivity contribution in [2.45, 2.75) is 65.5 Å². The maximum absolute atomic E-state index is 11.2. The zero-order valence-electron chi connectivity index (χ0n) is 21.6. The Kier molecular flexibility index (Phi) is 8.27. The molecule has 0 radical (unpaired) electrons. The molecule has 35 heavy (non-hydrogen) atoms. The normalized spacial score (nSPS) is 13.5. The molecule has 0 spiro atoms. The molecule has 0 amide bonds. The standard InChI is InChI=1S/C27H38N6O2/c1-6-7-15-29-25-24-22(31-26(28)32-25)13-12-21(30-24)17-19-8-10-20(11-9-19)18-33(5,27(2,3)4)16-14-23(34)35/h8-13H,6-7,14-18H2,1-5H3,(H3-,28,29,31,32,34,35)/p+1. The molecule has 0 aliphatic carbocycles. The fourth-order valence-corrected chi connectivity index (χ4v) is 4.05. The summed E-state index contributed by atoms with van der Waals surface area (Å²) in [7, 11) is 2.14. The summed E-state index contributed by atoms with van der Waals surface area (Å²) in [6, 6.07) is 12.5. The number of anilines is 2. The summed E-state index contributed by atoms with van der Waals surface area (Å²) >= 11 is 0. The van der Waals surface area contributed by atoms with Crippen molar-refractivity contribution in [2.24, 2.45) is 0 Å². The number of nitrogens with one attached hydrogen (secondary N) is 1. The second-order valence-corrected chi connectivity index (χ2v) is 10.5. The molecule has 0 aliphatic rings. The number of aliphatic carboxylic acids is 1. The molecule has 0 fully saturated rings. The molecule has 1 aromatic carbocycles. The number of benzene rings is 1. The number of rotatable bonds is 11. The molecule has 0 aliphatic heterocycles. The van der Waals surface area contributed by atoms with Crippen molar-refractivity contribution >= 4 is 28.8 Å². The van der Waals surface area contributed by atoms with Crippen LogP contribution in [0.15, 0.2) is 36.4 Å². The lowest BCUT2D eigenvalue weighted by Crippen LogP contribution is -2.57. The molecular weight excluding hydrogens is 440 g/mol. The number of hydrogen-bond donors (Lipinski definition) is 3. The second kappa shape index (κ2) is 11.0. The van der Waals surface area contributed by atoms with Gasteiger partial charge in [-0.2, -0.15) is 4.98 Å². The van der Waals surface area contributed by atoms with Crippen LogP contribution < -0.4 is 11.1 Å². The van der Waals surface area contributed by atoms with Crippen LogP contribution in [0, 0.1) is 0 Å². The van der Waals surface area contributed by atoms with Gasteiger partial charge in [0.25, 0.3) is 0 Å². The Labute approximate surface area is 208 Å². The Morgan fingerprint density at radius 3 is 2.37 bits per heavy atom. The Morgan fingerprint density at radius 1 is 1.06 bits per heavy atom. The summed E-state index contributed by atoms with van der Waals surface area (Å²) in [5.41, 5.74) is 10.6. The molecule has 0 saturated carbocycles. The highest BCUT2D eigenvalue weighted by atomic mass is 16.4. The van der Waals surface area contributed by atoms with E-state index >= 15 is 0 Å². The minimum atomic E-state index is -0.756. The number of nitrogen functional groups attached to an aromatic ring is 1. The Bertz CT molecular complexity index is 1160. The molecule has 0 bridgehead atoms. The van der Waals surface area contributed by atoms with E-state index in [-0.39, 0.29) is 17.9 Å². The maximum Gasteiger partial charge on any atom is 0.309 e. The van der Waals surface area contributed by atoms with Gasteiger partial charge in [0.15, 0.2) is 5.82 Å². The number of fused-ring (bicyclic) bond motifs is 1. The van der Waals surface area contributed by atoms with Crippen LogP contribution in [-0.4, -0.2) is 56.2 Å². The Balaban J connectivity index is 1.77. The molecule has 3 aromatic rings. The van der Waals surface area contributed by atoms with Gasteiger partial charge in [0.2, 0.25) is 5.95 Å². The smallest absolute Gasteiger partial charge is 0.309 e. The van der Waals surface area contributed by atoms with E-state index in [9.17, 15) is 9.90 Å². The van der Waals surface area contributed by atoms with Gasteiger partial charge in [0.05, 0.1) is 31.1 Å². The molecule has 8 nitrogen and oxygen atoms in total. The van der Waals surface area contributed by atoms with Gasteiger partial charge in [0, 0.05) is 24.2 Å². The van der Waals surface area contributed by atoms with Crippen molar-refractivity contribution in [3.8, 4) is 0 Å². The number of carbonyl (C=O) groups is 1. The average molecular weight is 480 g/mol. The highest BCUT2D eigenvalue weighted by Crippen LogP contribution is 2.27. The van der Waals surface area contributed by atoms with Crippen molar-refractivity contribution in [3.63, 3.8) is 0 Å². The topological polar surface area (TPSA) is 114 Å². The minimum Gasteiger partial charge on any atom is -0.481 e. The monoisotopic (exact) mass is 479 g/mol. The number of aromatic nitrogens is 3. The van der Waals surface area contributed by atoms with Crippen LogP contribution in [0.25, 0.3) is 11.0 Å². The van der Waals surface area contributed by atoms with E-state index in [1.807, 2.05) is 12.1 Å². The first-order valence-corrected chi connectivity index (χ1v) is 12.3. The molecular formula is C27H39N6O2+. The lowest BCUT2D eigenvalue weighted by Gasteiger charge is -2.45. The highest BCUT2D eigenvalue weighted by molar-refractivity contribution is 5.86. The first-order valence-electron chi connectivity index (χ1n) is 12.3. The molecule has 188 valence electrons. The van der Waals surface area contributed by atoms with Gasteiger partial charge in [-0.15, -0.1) is 0 Å². The quantitative estimate of drug-likeness (QED) is 0.271. The van der Waals surface area contributed by atoms with Crippen molar-refractivity contribution in [2.75, 3.05) is 31.2 Å². The minimum absolute atomic E-state index is 0.0720. The molecule has 1 unspecified atom stereocenters. The predicted molar refractivity (Wildman–Crippen MR) is 141 cm³/mol. The largest absolute Gasteiger partial charge is 0.481 e. The van der Waals surface area contributed by atoms with E-state index in [0.29, 0.717) is 23.3 Å². The summed E-state index contributed by atoms with van der Waals surface area (Å²) in [4.78, 5) is 24.7. The van der Waals surface area contributed by atoms with Crippen molar-refractivity contribution < 1.29 is 14.4 Å². The van der Waals surface area contributed by atoms with E-state index < -0.39 is 5.97 Å². The fraction of sp³-hybridized carbons (Fsp3) is 0.481. The first-order chi connectivity index (χ1) is 16.5. The number of pyridine rings is 1. The number of hydrogen-bond acceptors (Lipinski definition) is 6. The second-order valence-electron chi connectivity index (χ2n) is 10.5. The number of quaternary nitrogens is 1. The van der Waals surface area contributed by atoms with Crippen molar-refractivity contribution in [3.05, 3.63) is 53.2 Å². The van der Waals surface area contributed by atoms with E-state index in [0.717, 1.165) is 48.2 Å². The number of nitrogens with two attached hydrogens (primary N) is 1. The van der Waals surface area contributed by atoms with Crippen LogP contribution in [-0.2, 0) is 17.8 Å². The fourth-order valence-electron chi connectivity index (χ4n) is 4.05. The van der Waals surface area contributed by atoms with Gasteiger partial charge in [0.1, 0.15) is 12.1 Å². The van der Waals surface area contributed by atoms with E-state index in [4.69, 9.17) is 10.7 Å². The van der Waals surface area contributed by atoms with Gasteiger partial charge >= 0.3 is 5.97 Å². The summed E-state index contributed by atoms with van der Waals surface area (Å²) in [5.74, 6) is 0.165. The van der Waals surface area contributed by atoms with Crippen molar-refractivity contribution in [1.29, 1.82) is 0 Å². The molecule has 2 aromatic heterocycles.